The summed E-state index contributed by atoms with van der Waals surface area (Å²) in [5, 5.41) is 18.1. The number of hydrogen-bond donors (Lipinski definition) is 2. The summed E-state index contributed by atoms with van der Waals surface area (Å²) in [4.78, 5) is 11.9. The van der Waals surface area contributed by atoms with Crippen LogP contribution < -0.4 is 0 Å². The maximum absolute atomic E-state index is 11.9. The van der Waals surface area contributed by atoms with Crippen LogP contribution in [0, 0.1) is 0 Å². The third kappa shape index (κ3) is 15.6. The highest BCUT2D eigenvalue weighted by Crippen LogP contribution is 2.21. The van der Waals surface area contributed by atoms with E-state index < -0.39 is 5.60 Å². The van der Waals surface area contributed by atoms with Gasteiger partial charge in [0.1, 0.15) is 5.60 Å². The molecule has 0 atom stereocenters. The normalized spacial score (nSPS) is 11.7. The number of ether oxygens (including phenoxy) is 1. The molecule has 0 bridgehead atoms. The van der Waals surface area contributed by atoms with Crippen molar-refractivity contribution in [2.24, 2.45) is 0 Å². The van der Waals surface area contributed by atoms with Crippen molar-refractivity contribution in [3.8, 4) is 0 Å². The van der Waals surface area contributed by atoms with E-state index in [1.807, 2.05) is 0 Å². The molecule has 0 saturated heterocycles. The lowest BCUT2D eigenvalue weighted by atomic mass is 9.98. The van der Waals surface area contributed by atoms with Crippen LogP contribution in [0.15, 0.2) is 0 Å². The van der Waals surface area contributed by atoms with Gasteiger partial charge >= 0.3 is 5.97 Å². The summed E-state index contributed by atoms with van der Waals surface area (Å²) in [7, 11) is 0. The number of carbonyl (C=O) groups is 1. The third-order valence-corrected chi connectivity index (χ3v) is 5.13. The van der Waals surface area contributed by atoms with E-state index in [1.54, 1.807) is 6.92 Å². The van der Waals surface area contributed by atoms with Gasteiger partial charge in [0.2, 0.25) is 0 Å². The van der Waals surface area contributed by atoms with Crippen molar-refractivity contribution in [2.75, 3.05) is 13.2 Å². The Morgan fingerprint density at radius 3 is 1.50 bits per heavy atom. The van der Waals surface area contributed by atoms with Crippen molar-refractivity contribution in [2.45, 2.75) is 122 Å². The molecular formula is C22H44O4. The van der Waals surface area contributed by atoms with Crippen LogP contribution in [0.25, 0.3) is 0 Å². The number of esters is 1. The monoisotopic (exact) mass is 372 g/mol. The zero-order chi connectivity index (χ0) is 19.5. The highest BCUT2D eigenvalue weighted by molar-refractivity contribution is 5.69. The molecule has 2 N–H and O–H groups in total. The van der Waals surface area contributed by atoms with Crippen LogP contribution in [-0.4, -0.2) is 35.0 Å². The van der Waals surface area contributed by atoms with Crippen molar-refractivity contribution in [1.29, 1.82) is 0 Å². The minimum Gasteiger partial charge on any atom is -0.459 e. The Morgan fingerprint density at radius 2 is 1.12 bits per heavy atom. The number of unbranched alkanes of at least 4 members (excludes halogenated alkanes) is 12. The van der Waals surface area contributed by atoms with E-state index in [0.29, 0.717) is 19.3 Å². The van der Waals surface area contributed by atoms with Crippen LogP contribution in [-0.2, 0) is 9.53 Å². The summed E-state index contributed by atoms with van der Waals surface area (Å²) in [6.07, 6.45) is 17.9. The molecule has 0 rings (SSSR count). The number of aliphatic hydroxyl groups is 2. The summed E-state index contributed by atoms with van der Waals surface area (Å²) in [5.41, 5.74) is -0.739. The maximum Gasteiger partial charge on any atom is 0.306 e. The zero-order valence-corrected chi connectivity index (χ0v) is 17.4. The van der Waals surface area contributed by atoms with Crippen molar-refractivity contribution < 1.29 is 19.7 Å². The average molecular weight is 373 g/mol. The molecule has 0 amide bonds. The summed E-state index contributed by atoms with van der Waals surface area (Å²) < 4.78 is 5.47. The van der Waals surface area contributed by atoms with Crippen LogP contribution >= 0.6 is 0 Å². The van der Waals surface area contributed by atoms with Crippen LogP contribution in [0.4, 0.5) is 0 Å². The third-order valence-electron chi connectivity index (χ3n) is 5.13. The summed E-state index contributed by atoms with van der Waals surface area (Å²) >= 11 is 0. The van der Waals surface area contributed by atoms with Crippen molar-refractivity contribution in [3.05, 3.63) is 0 Å². The fourth-order valence-electron chi connectivity index (χ4n) is 3.31. The Kier molecular flexibility index (Phi) is 17.4. The van der Waals surface area contributed by atoms with E-state index in [-0.39, 0.29) is 19.2 Å². The predicted octanol–water partition coefficient (Wildman–Crippen LogP) is 5.53. The van der Waals surface area contributed by atoms with Gasteiger partial charge in [-0.3, -0.25) is 4.79 Å². The van der Waals surface area contributed by atoms with E-state index in [9.17, 15) is 4.79 Å². The van der Waals surface area contributed by atoms with Gasteiger partial charge < -0.3 is 14.9 Å². The van der Waals surface area contributed by atoms with Crippen LogP contribution in [0.5, 0.6) is 0 Å². The second kappa shape index (κ2) is 17.8. The number of carbonyl (C=O) groups excluding carboxylic acids is 1. The van der Waals surface area contributed by atoms with Crippen LogP contribution in [0.2, 0.25) is 0 Å². The molecule has 0 radical (unpaired) electrons. The first-order chi connectivity index (χ1) is 12.6. The summed E-state index contributed by atoms with van der Waals surface area (Å²) in [6.45, 7) is 3.96. The zero-order valence-electron chi connectivity index (χ0n) is 17.4. The molecule has 0 aromatic heterocycles. The highest BCUT2D eigenvalue weighted by Gasteiger charge is 2.27. The van der Waals surface area contributed by atoms with Gasteiger partial charge in [-0.2, -0.15) is 0 Å². The molecule has 0 saturated carbocycles. The summed E-state index contributed by atoms with van der Waals surface area (Å²) in [6, 6.07) is 0. The predicted molar refractivity (Wildman–Crippen MR) is 108 cm³/mol. The Hall–Kier alpha value is -0.610. The van der Waals surface area contributed by atoms with E-state index in [4.69, 9.17) is 14.9 Å². The highest BCUT2D eigenvalue weighted by atomic mass is 16.6. The van der Waals surface area contributed by atoms with Crippen molar-refractivity contribution >= 4 is 5.97 Å². The Balaban J connectivity index is 3.47. The molecule has 0 aromatic rings. The lowest BCUT2D eigenvalue weighted by Gasteiger charge is -2.28. The van der Waals surface area contributed by atoms with Gasteiger partial charge in [0.05, 0.1) is 0 Å². The molecule has 0 aromatic carbocycles. The van der Waals surface area contributed by atoms with E-state index in [1.165, 1.54) is 70.6 Å². The van der Waals surface area contributed by atoms with Gasteiger partial charge in [-0.05, 0) is 13.3 Å². The number of hydrogen-bond acceptors (Lipinski definition) is 4. The lowest BCUT2D eigenvalue weighted by molar-refractivity contribution is -0.161. The minimum absolute atomic E-state index is 0.0392. The molecule has 26 heavy (non-hydrogen) atoms. The molecule has 0 fully saturated rings. The Morgan fingerprint density at radius 1 is 0.731 bits per heavy atom. The van der Waals surface area contributed by atoms with E-state index in [2.05, 4.69) is 6.92 Å². The molecule has 0 aliphatic carbocycles. The first kappa shape index (κ1) is 25.4. The van der Waals surface area contributed by atoms with E-state index >= 15 is 0 Å². The largest absolute Gasteiger partial charge is 0.459 e. The molecule has 0 aliphatic heterocycles. The molecule has 0 unspecified atom stereocenters. The second-order valence-corrected chi connectivity index (χ2v) is 7.86. The second-order valence-electron chi connectivity index (χ2n) is 7.86. The van der Waals surface area contributed by atoms with Gasteiger partial charge in [0, 0.05) is 32.5 Å². The first-order valence-electron chi connectivity index (χ1n) is 11.0. The fourth-order valence-corrected chi connectivity index (χ4v) is 3.31. The van der Waals surface area contributed by atoms with Crippen LogP contribution in [0.3, 0.4) is 0 Å². The fraction of sp³-hybridized carbons (Fsp3) is 0.955. The molecule has 0 heterocycles. The molecule has 156 valence electrons. The lowest BCUT2D eigenvalue weighted by Crippen LogP contribution is -2.34. The van der Waals surface area contributed by atoms with Gasteiger partial charge in [-0.1, -0.05) is 84.0 Å². The number of rotatable bonds is 19. The molecule has 0 spiro atoms. The maximum atomic E-state index is 11.9. The van der Waals surface area contributed by atoms with Gasteiger partial charge in [-0.25, -0.2) is 0 Å². The van der Waals surface area contributed by atoms with Crippen LogP contribution in [0.1, 0.15) is 117 Å². The topological polar surface area (TPSA) is 66.8 Å². The van der Waals surface area contributed by atoms with Crippen molar-refractivity contribution in [3.63, 3.8) is 0 Å². The SMILES string of the molecule is CCCCCCCCCCCCCCCC(=O)OC(C)(CCO)CCO. The summed E-state index contributed by atoms with van der Waals surface area (Å²) in [5.74, 6) is -0.211. The average Bonchev–Trinajstić information content (AvgIpc) is 2.59. The van der Waals surface area contributed by atoms with E-state index in [0.717, 1.165) is 12.8 Å². The smallest absolute Gasteiger partial charge is 0.306 e. The first-order valence-corrected chi connectivity index (χ1v) is 11.0. The van der Waals surface area contributed by atoms with Gasteiger partial charge in [-0.15, -0.1) is 0 Å². The molecule has 4 heteroatoms. The minimum atomic E-state index is -0.739. The van der Waals surface area contributed by atoms with Gasteiger partial charge in [0.15, 0.2) is 0 Å². The molecule has 0 aliphatic rings. The molecule has 4 nitrogen and oxygen atoms in total. The Labute approximate surface area is 161 Å². The standard InChI is InChI=1S/C22H44O4/c1-3-4-5-6-7-8-9-10-11-12-13-14-15-16-21(25)26-22(2,17-19-23)18-20-24/h23-24H,3-20H2,1-2H3. The quantitative estimate of drug-likeness (QED) is 0.231. The molecular weight excluding hydrogens is 328 g/mol. The van der Waals surface area contributed by atoms with Gasteiger partial charge in [0.25, 0.3) is 0 Å². The number of aliphatic hydroxyl groups excluding tert-OH is 2. The van der Waals surface area contributed by atoms with Crippen molar-refractivity contribution in [1.82, 2.24) is 0 Å². The Bertz CT molecular complexity index is 311.